The molecule has 2 rings (SSSR count). The topological polar surface area (TPSA) is 102 Å². The first-order chi connectivity index (χ1) is 10.0. The zero-order chi connectivity index (χ0) is 15.3. The number of carbonyl (C=O) groups is 2. The Morgan fingerprint density at radius 1 is 1.24 bits per heavy atom. The Balaban J connectivity index is 2.08. The Bertz CT molecular complexity index is 524. The maximum absolute atomic E-state index is 12.4. The van der Waals surface area contributed by atoms with Gasteiger partial charge in [0.15, 0.2) is 6.61 Å². The van der Waals surface area contributed by atoms with Gasteiger partial charge < -0.3 is 20.9 Å². The average molecular weight is 292 g/mol. The monoisotopic (exact) mass is 292 g/mol. The van der Waals surface area contributed by atoms with Crippen molar-refractivity contribution >= 4 is 17.6 Å². The Labute approximate surface area is 123 Å². The van der Waals surface area contributed by atoms with E-state index in [1.54, 1.807) is 24.3 Å². The first-order valence-corrected chi connectivity index (χ1v) is 7.05. The molecule has 0 spiro atoms. The molecule has 0 unspecified atom stereocenters. The van der Waals surface area contributed by atoms with Crippen molar-refractivity contribution in [2.24, 2.45) is 5.73 Å². The summed E-state index contributed by atoms with van der Waals surface area (Å²) in [6, 6.07) is 6.74. The quantitative estimate of drug-likeness (QED) is 0.767. The molecule has 6 heteroatoms. The van der Waals surface area contributed by atoms with Gasteiger partial charge in [0.1, 0.15) is 5.75 Å². The zero-order valence-corrected chi connectivity index (χ0v) is 11.8. The number of hydrogen-bond donors (Lipinski definition) is 3. The highest BCUT2D eigenvalue weighted by Crippen LogP contribution is 2.29. The molecule has 0 bridgehead atoms. The van der Waals surface area contributed by atoms with Crippen LogP contribution in [0.25, 0.3) is 0 Å². The van der Waals surface area contributed by atoms with Crippen LogP contribution in [-0.2, 0) is 9.59 Å². The number of ether oxygens (including phenoxy) is 1. The van der Waals surface area contributed by atoms with E-state index in [9.17, 15) is 9.59 Å². The molecular weight excluding hydrogens is 272 g/mol. The molecule has 1 aromatic carbocycles. The van der Waals surface area contributed by atoms with E-state index in [-0.39, 0.29) is 5.91 Å². The summed E-state index contributed by atoms with van der Waals surface area (Å²) in [7, 11) is 0. The van der Waals surface area contributed by atoms with E-state index in [4.69, 9.17) is 15.6 Å². The third kappa shape index (κ3) is 3.95. The number of rotatable bonds is 5. The number of carboxylic acid groups (broad SMARTS) is 1. The lowest BCUT2D eigenvalue weighted by molar-refractivity contribution is -0.139. The van der Waals surface area contributed by atoms with E-state index in [1.807, 2.05) is 0 Å². The number of carboxylic acids is 1. The van der Waals surface area contributed by atoms with Crippen LogP contribution in [0.4, 0.5) is 5.69 Å². The molecule has 21 heavy (non-hydrogen) atoms. The molecule has 0 atom stereocenters. The van der Waals surface area contributed by atoms with Crippen LogP contribution in [0.2, 0.25) is 0 Å². The molecule has 1 saturated carbocycles. The highest BCUT2D eigenvalue weighted by molar-refractivity contribution is 5.99. The smallest absolute Gasteiger partial charge is 0.341 e. The molecule has 1 fully saturated rings. The van der Waals surface area contributed by atoms with Crippen LogP contribution in [0.1, 0.15) is 32.1 Å². The number of carbonyl (C=O) groups excluding carboxylic acids is 1. The number of anilines is 1. The van der Waals surface area contributed by atoms with Crippen LogP contribution < -0.4 is 15.8 Å². The van der Waals surface area contributed by atoms with Gasteiger partial charge in [0.05, 0.1) is 11.2 Å². The van der Waals surface area contributed by atoms with Crippen molar-refractivity contribution in [2.45, 2.75) is 37.6 Å². The number of aliphatic carboxylic acids is 1. The average Bonchev–Trinajstić information content (AvgIpc) is 2.47. The van der Waals surface area contributed by atoms with E-state index in [2.05, 4.69) is 5.32 Å². The Morgan fingerprint density at radius 3 is 2.57 bits per heavy atom. The highest BCUT2D eigenvalue weighted by Gasteiger charge is 2.35. The fourth-order valence-corrected chi connectivity index (χ4v) is 2.49. The fourth-order valence-electron chi connectivity index (χ4n) is 2.49. The number of nitrogens with two attached hydrogens (primary N) is 1. The summed E-state index contributed by atoms with van der Waals surface area (Å²) in [6.45, 7) is -0.458. The summed E-state index contributed by atoms with van der Waals surface area (Å²) in [6.07, 6.45) is 4.32. The van der Waals surface area contributed by atoms with Crippen LogP contribution >= 0.6 is 0 Å². The SMILES string of the molecule is NC1(C(=O)Nc2ccccc2OCC(=O)O)CCCCC1. The maximum atomic E-state index is 12.4. The minimum atomic E-state index is -1.07. The first kappa shape index (κ1) is 15.3. The molecule has 0 saturated heterocycles. The minimum absolute atomic E-state index is 0.242. The fraction of sp³-hybridized carbons (Fsp3) is 0.467. The van der Waals surface area contributed by atoms with Gasteiger partial charge in [0.25, 0.3) is 0 Å². The summed E-state index contributed by atoms with van der Waals surface area (Å²) in [5.74, 6) is -0.986. The van der Waals surface area contributed by atoms with Crippen molar-refractivity contribution in [1.29, 1.82) is 0 Å². The minimum Gasteiger partial charge on any atom is -0.480 e. The van der Waals surface area contributed by atoms with Crippen molar-refractivity contribution in [3.63, 3.8) is 0 Å². The summed E-state index contributed by atoms with van der Waals surface area (Å²) in [5, 5.41) is 11.4. The number of benzene rings is 1. The maximum Gasteiger partial charge on any atom is 0.341 e. The third-order valence-corrected chi connectivity index (χ3v) is 3.68. The molecular formula is C15H20N2O4. The lowest BCUT2D eigenvalue weighted by Crippen LogP contribution is -2.52. The van der Waals surface area contributed by atoms with Gasteiger partial charge in [-0.3, -0.25) is 4.79 Å². The van der Waals surface area contributed by atoms with E-state index in [0.717, 1.165) is 19.3 Å². The Kier molecular flexibility index (Phi) is 4.80. The summed E-state index contributed by atoms with van der Waals surface area (Å²) in [5.41, 5.74) is 5.77. The summed E-state index contributed by atoms with van der Waals surface area (Å²) in [4.78, 5) is 22.9. The van der Waals surface area contributed by atoms with Crippen LogP contribution in [0.3, 0.4) is 0 Å². The summed E-state index contributed by atoms with van der Waals surface area (Å²) >= 11 is 0. The molecule has 0 aliphatic heterocycles. The van der Waals surface area contributed by atoms with Gasteiger partial charge in [-0.25, -0.2) is 4.79 Å². The number of para-hydroxylation sites is 2. The second-order valence-corrected chi connectivity index (χ2v) is 5.35. The molecule has 6 nitrogen and oxygen atoms in total. The van der Waals surface area contributed by atoms with Gasteiger partial charge in [-0.1, -0.05) is 31.4 Å². The first-order valence-electron chi connectivity index (χ1n) is 7.05. The van der Waals surface area contributed by atoms with Crippen LogP contribution in [0.15, 0.2) is 24.3 Å². The van der Waals surface area contributed by atoms with Crippen molar-refractivity contribution in [3.05, 3.63) is 24.3 Å². The molecule has 1 amide bonds. The van der Waals surface area contributed by atoms with Crippen LogP contribution in [0.5, 0.6) is 5.75 Å². The number of nitrogens with one attached hydrogen (secondary N) is 1. The van der Waals surface area contributed by atoms with Crippen LogP contribution in [0, 0.1) is 0 Å². The van der Waals surface area contributed by atoms with Gasteiger partial charge in [-0.05, 0) is 25.0 Å². The number of hydrogen-bond acceptors (Lipinski definition) is 4. The lowest BCUT2D eigenvalue weighted by atomic mass is 9.82. The van der Waals surface area contributed by atoms with Gasteiger partial charge in [0, 0.05) is 0 Å². The summed E-state index contributed by atoms with van der Waals surface area (Å²) < 4.78 is 5.16. The van der Waals surface area contributed by atoms with E-state index < -0.39 is 18.1 Å². The standard InChI is InChI=1S/C15H20N2O4/c16-15(8-4-1-5-9-15)14(20)17-11-6-2-3-7-12(11)21-10-13(18)19/h2-3,6-7H,1,4-5,8-10,16H2,(H,17,20)(H,18,19). The molecule has 4 N–H and O–H groups in total. The lowest BCUT2D eigenvalue weighted by Gasteiger charge is -2.32. The Hall–Kier alpha value is -2.08. The molecule has 1 aliphatic carbocycles. The van der Waals surface area contributed by atoms with Crippen LogP contribution in [-0.4, -0.2) is 29.1 Å². The van der Waals surface area contributed by atoms with Crippen molar-refractivity contribution in [3.8, 4) is 5.75 Å². The van der Waals surface area contributed by atoms with Crippen molar-refractivity contribution < 1.29 is 19.4 Å². The van der Waals surface area contributed by atoms with E-state index in [1.165, 1.54) is 0 Å². The molecule has 0 aromatic heterocycles. The van der Waals surface area contributed by atoms with E-state index >= 15 is 0 Å². The highest BCUT2D eigenvalue weighted by atomic mass is 16.5. The van der Waals surface area contributed by atoms with Gasteiger partial charge >= 0.3 is 5.97 Å². The second-order valence-electron chi connectivity index (χ2n) is 5.35. The molecule has 0 radical (unpaired) electrons. The van der Waals surface area contributed by atoms with Gasteiger partial charge in [0.2, 0.25) is 5.91 Å². The molecule has 0 heterocycles. The van der Waals surface area contributed by atoms with Crippen molar-refractivity contribution in [2.75, 3.05) is 11.9 Å². The van der Waals surface area contributed by atoms with Gasteiger partial charge in [-0.15, -0.1) is 0 Å². The van der Waals surface area contributed by atoms with Crippen molar-refractivity contribution in [1.82, 2.24) is 0 Å². The molecule has 1 aromatic rings. The largest absolute Gasteiger partial charge is 0.480 e. The third-order valence-electron chi connectivity index (χ3n) is 3.68. The van der Waals surface area contributed by atoms with Gasteiger partial charge in [-0.2, -0.15) is 0 Å². The predicted octanol–water partition coefficient (Wildman–Crippen LogP) is 1.75. The molecule has 1 aliphatic rings. The number of amides is 1. The normalized spacial score (nSPS) is 17.0. The second kappa shape index (κ2) is 6.58. The van der Waals surface area contributed by atoms with E-state index in [0.29, 0.717) is 24.3 Å². The molecule has 114 valence electrons. The Morgan fingerprint density at radius 2 is 1.90 bits per heavy atom. The zero-order valence-electron chi connectivity index (χ0n) is 11.8. The predicted molar refractivity (Wildman–Crippen MR) is 78.2 cm³/mol.